The molecule has 4 N–H and O–H groups in total. The minimum Gasteiger partial charge on any atom is -0.397 e. The number of rotatable bonds is 9. The second-order valence-corrected chi connectivity index (χ2v) is 8.35. The highest BCUT2D eigenvalue weighted by Crippen LogP contribution is 2.36. The first-order valence-corrected chi connectivity index (χ1v) is 12.6. The molecule has 0 aliphatic carbocycles. The largest absolute Gasteiger partial charge is 0.421 e. The van der Waals surface area contributed by atoms with Crippen molar-refractivity contribution in [2.75, 3.05) is 30.9 Å². The smallest absolute Gasteiger partial charge is 0.397 e. The van der Waals surface area contributed by atoms with Gasteiger partial charge in [0, 0.05) is 47.1 Å². The molecule has 0 aliphatic rings. The molecule has 202 valence electrons. The number of benzene rings is 2. The number of hydrogen-bond acceptors (Lipinski definition) is 8. The lowest BCUT2D eigenvalue weighted by Crippen LogP contribution is -2.20. The summed E-state index contributed by atoms with van der Waals surface area (Å²) >= 11 is 0. The van der Waals surface area contributed by atoms with Crippen LogP contribution >= 0.6 is 8.81 Å². The molecule has 0 saturated carbocycles. The van der Waals surface area contributed by atoms with E-state index in [1.54, 1.807) is 19.1 Å². The van der Waals surface area contributed by atoms with Gasteiger partial charge in [0.05, 0.1) is 22.9 Å². The van der Waals surface area contributed by atoms with Crippen molar-refractivity contribution in [3.8, 4) is 6.07 Å². The Hall–Kier alpha value is -3.78. The van der Waals surface area contributed by atoms with Crippen LogP contribution in [0.3, 0.4) is 0 Å². The topological polar surface area (TPSA) is 132 Å². The molecular formula is C25H28F3N6O3P. The number of amides is 1. The molecule has 1 amide bonds. The van der Waals surface area contributed by atoms with E-state index in [1.807, 2.05) is 25.1 Å². The first-order valence-electron chi connectivity index (χ1n) is 11.5. The molecule has 0 aliphatic heterocycles. The van der Waals surface area contributed by atoms with Gasteiger partial charge in [-0.1, -0.05) is 12.1 Å². The highest BCUT2D eigenvalue weighted by atomic mass is 31.1. The lowest BCUT2D eigenvalue weighted by atomic mass is 10.1. The Labute approximate surface area is 220 Å². The molecule has 3 rings (SSSR count). The number of nitriles is 1. The molecule has 0 bridgehead atoms. The number of alkyl halides is 3. The lowest BCUT2D eigenvalue weighted by Gasteiger charge is -2.16. The minimum absolute atomic E-state index is 0.00357. The number of aromatic nitrogens is 2. The maximum Gasteiger partial charge on any atom is 0.421 e. The molecule has 2 aromatic carbocycles. The number of halogens is 3. The fraction of sp³-hybridized carbons (Fsp3) is 0.280. The Kier molecular flexibility index (Phi) is 11.9. The molecule has 1 aromatic heterocycles. The highest BCUT2D eigenvalue weighted by molar-refractivity contribution is 7.31. The number of aliphatic hydroxyl groups is 1. The Morgan fingerprint density at radius 1 is 1.16 bits per heavy atom. The zero-order valence-electron chi connectivity index (χ0n) is 21.0. The Morgan fingerprint density at radius 2 is 1.84 bits per heavy atom. The van der Waals surface area contributed by atoms with Gasteiger partial charge in [0.2, 0.25) is 5.95 Å². The van der Waals surface area contributed by atoms with E-state index in [1.165, 1.54) is 25.2 Å². The number of aliphatic hydroxyl groups excluding tert-OH is 1. The second kappa shape index (κ2) is 14.8. The monoisotopic (exact) mass is 548 g/mol. The summed E-state index contributed by atoms with van der Waals surface area (Å²) in [5, 5.41) is 24.6. The van der Waals surface area contributed by atoms with Crippen molar-refractivity contribution < 1.29 is 27.6 Å². The van der Waals surface area contributed by atoms with Gasteiger partial charge in [-0.3, -0.25) is 4.79 Å². The van der Waals surface area contributed by atoms with Gasteiger partial charge < -0.3 is 25.6 Å². The van der Waals surface area contributed by atoms with Crippen molar-refractivity contribution in [2.24, 2.45) is 0 Å². The van der Waals surface area contributed by atoms with E-state index in [0.717, 1.165) is 11.7 Å². The maximum atomic E-state index is 13.7. The Balaban J connectivity index is 0.00000161. The van der Waals surface area contributed by atoms with Crippen LogP contribution in [0, 0.1) is 11.3 Å². The zero-order valence-corrected chi connectivity index (χ0v) is 22.0. The quantitative estimate of drug-likeness (QED) is 0.208. The van der Waals surface area contributed by atoms with Gasteiger partial charge in [-0.05, 0) is 49.7 Å². The van der Waals surface area contributed by atoms with Gasteiger partial charge in [-0.25, -0.2) is 4.98 Å². The first-order chi connectivity index (χ1) is 18.2. The molecule has 13 heteroatoms. The van der Waals surface area contributed by atoms with Crippen molar-refractivity contribution in [3.63, 3.8) is 0 Å². The fourth-order valence-electron chi connectivity index (χ4n) is 2.99. The maximum absolute atomic E-state index is 13.7. The average Bonchev–Trinajstić information content (AvgIpc) is 2.89. The fourth-order valence-corrected chi connectivity index (χ4v) is 3.70. The van der Waals surface area contributed by atoms with Crippen LogP contribution in [0.25, 0.3) is 0 Å². The molecule has 0 fully saturated rings. The van der Waals surface area contributed by atoms with Crippen LogP contribution < -0.4 is 16.0 Å². The summed E-state index contributed by atoms with van der Waals surface area (Å²) in [7, 11) is 1.72. The van der Waals surface area contributed by atoms with Crippen LogP contribution in [0.2, 0.25) is 0 Å². The third-order valence-electron chi connectivity index (χ3n) is 4.70. The lowest BCUT2D eigenvalue weighted by molar-refractivity contribution is -0.137. The summed E-state index contributed by atoms with van der Waals surface area (Å²) in [5.41, 5.74) is 0.765. The summed E-state index contributed by atoms with van der Waals surface area (Å²) in [6, 6.07) is 13.2. The highest BCUT2D eigenvalue weighted by Gasteiger charge is 2.35. The predicted molar refractivity (Wildman–Crippen MR) is 141 cm³/mol. The molecule has 1 heterocycles. The minimum atomic E-state index is -4.75. The second-order valence-electron chi connectivity index (χ2n) is 7.42. The van der Waals surface area contributed by atoms with Gasteiger partial charge in [-0.2, -0.15) is 23.4 Å². The third-order valence-corrected chi connectivity index (χ3v) is 5.75. The molecule has 3 aromatic rings. The Bertz CT molecular complexity index is 1250. The molecule has 38 heavy (non-hydrogen) atoms. The van der Waals surface area contributed by atoms with Gasteiger partial charge in [-0.15, -0.1) is 0 Å². The van der Waals surface area contributed by atoms with E-state index >= 15 is 0 Å². The van der Waals surface area contributed by atoms with E-state index in [-0.39, 0.29) is 29.4 Å². The number of nitrogens with zero attached hydrogens (tertiary/aromatic N) is 3. The number of nitrogens with one attached hydrogen (secondary N) is 3. The molecule has 1 unspecified atom stereocenters. The van der Waals surface area contributed by atoms with Gasteiger partial charge in [0.1, 0.15) is 11.4 Å². The SMILES string of the molecule is CCO.CCOPCc1ccc(Nc2ncc(C(F)(F)F)c(Nc3ccc(C#N)cc3C(=O)NC)n2)cc1. The first kappa shape index (κ1) is 30.4. The van der Waals surface area contributed by atoms with E-state index in [0.29, 0.717) is 27.3 Å². The molecular weight excluding hydrogens is 520 g/mol. The van der Waals surface area contributed by atoms with Crippen molar-refractivity contribution >= 4 is 37.9 Å². The van der Waals surface area contributed by atoms with Crippen molar-refractivity contribution in [1.29, 1.82) is 5.26 Å². The predicted octanol–water partition coefficient (Wildman–Crippen LogP) is 5.34. The molecule has 0 radical (unpaired) electrons. The molecule has 1 atom stereocenters. The van der Waals surface area contributed by atoms with Crippen LogP contribution in [0.4, 0.5) is 36.3 Å². The van der Waals surface area contributed by atoms with Crippen LogP contribution in [-0.2, 0) is 16.9 Å². The number of carbonyl (C=O) groups excluding carboxylic acids is 1. The van der Waals surface area contributed by atoms with Crippen molar-refractivity contribution in [1.82, 2.24) is 15.3 Å². The number of carbonyl (C=O) groups is 1. The summed E-state index contributed by atoms with van der Waals surface area (Å²) in [4.78, 5) is 20.1. The normalized spacial score (nSPS) is 10.9. The summed E-state index contributed by atoms with van der Waals surface area (Å²) < 4.78 is 46.3. The van der Waals surface area contributed by atoms with E-state index in [9.17, 15) is 18.0 Å². The number of hydrogen-bond donors (Lipinski definition) is 4. The third kappa shape index (κ3) is 8.95. The van der Waals surface area contributed by atoms with Crippen LogP contribution in [-0.4, -0.2) is 41.2 Å². The molecule has 0 saturated heterocycles. The van der Waals surface area contributed by atoms with Crippen molar-refractivity contribution in [3.05, 3.63) is 70.9 Å². The summed E-state index contributed by atoms with van der Waals surface area (Å²) in [6.07, 6.45) is -3.32. The standard InChI is InChI=1S/C23H22F3N6O2P.C2H6O/c1-3-34-35-13-14-4-7-16(8-5-14)30-22-29-12-18(23(24,25)26)20(32-22)31-19-9-6-15(11-27)10-17(19)21(33)28-2;1-2-3/h4-10,12,35H,3,13H2,1-2H3,(H,28,33)(H2,29,30,31,32);3H,2H2,1H3. The van der Waals surface area contributed by atoms with Crippen molar-refractivity contribution in [2.45, 2.75) is 26.2 Å². The van der Waals surface area contributed by atoms with E-state index in [4.69, 9.17) is 14.9 Å². The molecule has 9 nitrogen and oxygen atoms in total. The summed E-state index contributed by atoms with van der Waals surface area (Å²) in [5.74, 6) is -1.19. The number of anilines is 4. The van der Waals surface area contributed by atoms with E-state index in [2.05, 4.69) is 25.9 Å². The zero-order chi connectivity index (χ0) is 28.1. The van der Waals surface area contributed by atoms with Gasteiger partial charge >= 0.3 is 6.18 Å². The van der Waals surface area contributed by atoms with Gasteiger partial charge in [0.15, 0.2) is 0 Å². The Morgan fingerprint density at radius 3 is 2.42 bits per heavy atom. The summed E-state index contributed by atoms with van der Waals surface area (Å²) in [6.45, 7) is 4.50. The van der Waals surface area contributed by atoms with Crippen LogP contribution in [0.15, 0.2) is 48.7 Å². The molecule has 0 spiro atoms. The van der Waals surface area contributed by atoms with Crippen LogP contribution in [0.5, 0.6) is 0 Å². The van der Waals surface area contributed by atoms with E-state index < -0.39 is 23.5 Å². The average molecular weight is 549 g/mol. The van der Waals surface area contributed by atoms with Gasteiger partial charge in [0.25, 0.3) is 5.91 Å². The van der Waals surface area contributed by atoms with Crippen LogP contribution in [0.1, 0.15) is 40.9 Å².